The Morgan fingerprint density at radius 1 is 1.35 bits per heavy atom. The van der Waals surface area contributed by atoms with Crippen LogP contribution in [0.2, 0.25) is 0 Å². The smallest absolute Gasteiger partial charge is 0.306 e. The van der Waals surface area contributed by atoms with E-state index in [9.17, 15) is 9.59 Å². The van der Waals surface area contributed by atoms with E-state index in [4.69, 9.17) is 5.11 Å². The summed E-state index contributed by atoms with van der Waals surface area (Å²) in [7, 11) is 0. The molecule has 0 aliphatic carbocycles. The van der Waals surface area contributed by atoms with Crippen LogP contribution in [0.3, 0.4) is 0 Å². The number of carboxylic acids is 1. The van der Waals surface area contributed by atoms with E-state index in [0.29, 0.717) is 19.4 Å². The maximum atomic E-state index is 12.2. The number of carboxylic acid groups (broad SMARTS) is 1. The molecular weight excluding hydrogens is 256 g/mol. The molecule has 0 spiro atoms. The Morgan fingerprint density at radius 3 is 2.65 bits per heavy atom. The summed E-state index contributed by atoms with van der Waals surface area (Å²) < 4.78 is 0. The van der Waals surface area contributed by atoms with Crippen LogP contribution in [0.1, 0.15) is 19.8 Å². The molecule has 1 saturated heterocycles. The molecule has 0 bridgehead atoms. The van der Waals surface area contributed by atoms with Gasteiger partial charge in [-0.05, 0) is 31.9 Å². The number of piperidine rings is 1. The van der Waals surface area contributed by atoms with Crippen molar-refractivity contribution in [1.82, 2.24) is 4.90 Å². The molecule has 2 unspecified atom stereocenters. The van der Waals surface area contributed by atoms with Crippen LogP contribution in [-0.2, 0) is 9.59 Å². The van der Waals surface area contributed by atoms with Gasteiger partial charge in [0, 0.05) is 18.3 Å². The van der Waals surface area contributed by atoms with Gasteiger partial charge in [-0.2, -0.15) is 0 Å². The molecular formula is C15H20N2O3. The number of anilines is 1. The van der Waals surface area contributed by atoms with Crippen LogP contribution in [0.15, 0.2) is 30.3 Å². The van der Waals surface area contributed by atoms with E-state index in [1.165, 1.54) is 0 Å². The van der Waals surface area contributed by atoms with Crippen molar-refractivity contribution in [3.8, 4) is 0 Å². The summed E-state index contributed by atoms with van der Waals surface area (Å²) in [5, 5.41) is 12.1. The summed E-state index contributed by atoms with van der Waals surface area (Å²) in [5.74, 6) is -1.06. The molecule has 1 fully saturated rings. The fourth-order valence-electron chi connectivity index (χ4n) is 2.60. The number of nitrogens with one attached hydrogen (secondary N) is 1. The third kappa shape index (κ3) is 3.50. The average Bonchev–Trinajstić information content (AvgIpc) is 2.45. The number of carbonyl (C=O) groups excluding carboxylic acids is 1. The average molecular weight is 276 g/mol. The largest absolute Gasteiger partial charge is 0.481 e. The monoisotopic (exact) mass is 276 g/mol. The number of benzene rings is 1. The van der Waals surface area contributed by atoms with Crippen LogP contribution < -0.4 is 5.32 Å². The van der Waals surface area contributed by atoms with E-state index in [1.54, 1.807) is 4.90 Å². The van der Waals surface area contributed by atoms with Crippen LogP contribution in [-0.4, -0.2) is 41.0 Å². The van der Waals surface area contributed by atoms with Crippen LogP contribution in [0.4, 0.5) is 5.69 Å². The highest BCUT2D eigenvalue weighted by Crippen LogP contribution is 2.23. The number of amides is 1. The molecule has 0 aromatic heterocycles. The minimum atomic E-state index is -0.758. The molecule has 5 nitrogen and oxygen atoms in total. The van der Waals surface area contributed by atoms with E-state index < -0.39 is 5.97 Å². The fraction of sp³-hybridized carbons (Fsp3) is 0.467. The number of aliphatic carboxylic acids is 1. The van der Waals surface area contributed by atoms with E-state index >= 15 is 0 Å². The van der Waals surface area contributed by atoms with Gasteiger partial charge in [-0.3, -0.25) is 9.59 Å². The van der Waals surface area contributed by atoms with Gasteiger partial charge in [0.15, 0.2) is 0 Å². The molecule has 1 aromatic rings. The van der Waals surface area contributed by atoms with Crippen molar-refractivity contribution in [2.75, 3.05) is 18.4 Å². The molecule has 0 saturated carbocycles. The Hall–Kier alpha value is -2.04. The lowest BCUT2D eigenvalue weighted by atomic mass is 9.92. The summed E-state index contributed by atoms with van der Waals surface area (Å²) >= 11 is 0. The van der Waals surface area contributed by atoms with Crippen LogP contribution in [0, 0.1) is 5.92 Å². The Morgan fingerprint density at radius 2 is 2.05 bits per heavy atom. The van der Waals surface area contributed by atoms with Gasteiger partial charge in [0.05, 0.1) is 12.5 Å². The van der Waals surface area contributed by atoms with Crippen molar-refractivity contribution in [3.05, 3.63) is 30.3 Å². The molecule has 1 aliphatic heterocycles. The second-order valence-corrected chi connectivity index (χ2v) is 5.22. The first kappa shape index (κ1) is 14.4. The molecule has 1 aliphatic rings. The van der Waals surface area contributed by atoms with Gasteiger partial charge in [0.1, 0.15) is 0 Å². The molecule has 1 aromatic carbocycles. The van der Waals surface area contributed by atoms with E-state index in [2.05, 4.69) is 5.32 Å². The first-order valence-electron chi connectivity index (χ1n) is 6.89. The number of hydrogen-bond donors (Lipinski definition) is 2. The molecule has 2 N–H and O–H groups in total. The number of hydrogen-bond acceptors (Lipinski definition) is 3. The Labute approximate surface area is 118 Å². The Bertz CT molecular complexity index is 475. The lowest BCUT2D eigenvalue weighted by Gasteiger charge is -2.36. The summed E-state index contributed by atoms with van der Waals surface area (Å²) in [6.07, 6.45) is 1.07. The topological polar surface area (TPSA) is 69.6 Å². The van der Waals surface area contributed by atoms with Gasteiger partial charge in [0.2, 0.25) is 5.91 Å². The molecule has 20 heavy (non-hydrogen) atoms. The molecule has 1 heterocycles. The summed E-state index contributed by atoms with van der Waals surface area (Å²) in [5.41, 5.74) is 0.911. The Balaban J connectivity index is 1.85. The van der Waals surface area contributed by atoms with Crippen molar-refractivity contribution in [2.24, 2.45) is 5.92 Å². The van der Waals surface area contributed by atoms with Crippen molar-refractivity contribution in [1.29, 1.82) is 0 Å². The second kappa shape index (κ2) is 6.41. The third-order valence-electron chi connectivity index (χ3n) is 3.76. The van der Waals surface area contributed by atoms with Gasteiger partial charge in [-0.1, -0.05) is 18.2 Å². The zero-order valence-electron chi connectivity index (χ0n) is 11.6. The van der Waals surface area contributed by atoms with Gasteiger partial charge in [-0.25, -0.2) is 0 Å². The normalized spacial score (nSPS) is 22.4. The standard InChI is InChI=1S/C15H20N2O3/c1-11-9-12(15(19)20)7-8-17(11)14(18)10-16-13-5-3-2-4-6-13/h2-6,11-12,16H,7-10H2,1H3,(H,19,20). The summed E-state index contributed by atoms with van der Waals surface area (Å²) in [6, 6.07) is 9.54. The van der Waals surface area contributed by atoms with Crippen molar-refractivity contribution < 1.29 is 14.7 Å². The molecule has 5 heteroatoms. The first-order chi connectivity index (χ1) is 9.58. The van der Waals surface area contributed by atoms with Crippen molar-refractivity contribution in [3.63, 3.8) is 0 Å². The zero-order chi connectivity index (χ0) is 14.5. The van der Waals surface area contributed by atoms with Crippen molar-refractivity contribution in [2.45, 2.75) is 25.8 Å². The SMILES string of the molecule is CC1CC(C(=O)O)CCN1C(=O)CNc1ccccc1. The lowest BCUT2D eigenvalue weighted by molar-refractivity contribution is -0.147. The number of nitrogens with zero attached hydrogens (tertiary/aromatic N) is 1. The highest BCUT2D eigenvalue weighted by atomic mass is 16.4. The predicted octanol–water partition coefficient (Wildman–Crippen LogP) is 1.81. The van der Waals surface area contributed by atoms with Crippen LogP contribution >= 0.6 is 0 Å². The summed E-state index contributed by atoms with van der Waals surface area (Å²) in [6.45, 7) is 2.68. The highest BCUT2D eigenvalue weighted by molar-refractivity contribution is 5.81. The van der Waals surface area contributed by atoms with E-state index in [1.807, 2.05) is 37.3 Å². The number of likely N-dealkylation sites (tertiary alicyclic amines) is 1. The van der Waals surface area contributed by atoms with Gasteiger partial charge < -0.3 is 15.3 Å². The Kier molecular flexibility index (Phi) is 4.61. The molecule has 1 amide bonds. The van der Waals surface area contributed by atoms with Gasteiger partial charge in [-0.15, -0.1) is 0 Å². The highest BCUT2D eigenvalue weighted by Gasteiger charge is 2.31. The second-order valence-electron chi connectivity index (χ2n) is 5.22. The molecule has 108 valence electrons. The van der Waals surface area contributed by atoms with Crippen LogP contribution in [0.5, 0.6) is 0 Å². The number of rotatable bonds is 4. The quantitative estimate of drug-likeness (QED) is 0.880. The number of para-hydroxylation sites is 1. The minimum Gasteiger partial charge on any atom is -0.481 e. The number of carbonyl (C=O) groups is 2. The maximum absolute atomic E-state index is 12.2. The first-order valence-corrected chi connectivity index (χ1v) is 6.89. The third-order valence-corrected chi connectivity index (χ3v) is 3.76. The van der Waals surface area contributed by atoms with Crippen LogP contribution in [0.25, 0.3) is 0 Å². The lowest BCUT2D eigenvalue weighted by Crippen LogP contribution is -2.48. The van der Waals surface area contributed by atoms with Gasteiger partial charge in [0.25, 0.3) is 0 Å². The van der Waals surface area contributed by atoms with E-state index in [0.717, 1.165) is 5.69 Å². The maximum Gasteiger partial charge on any atom is 0.306 e. The molecule has 2 rings (SSSR count). The summed E-state index contributed by atoms with van der Waals surface area (Å²) in [4.78, 5) is 24.9. The fourth-order valence-corrected chi connectivity index (χ4v) is 2.60. The van der Waals surface area contributed by atoms with Gasteiger partial charge >= 0.3 is 5.97 Å². The van der Waals surface area contributed by atoms with Crippen molar-refractivity contribution >= 4 is 17.6 Å². The molecule has 0 radical (unpaired) electrons. The van der Waals surface area contributed by atoms with E-state index in [-0.39, 0.29) is 24.4 Å². The molecule has 2 atom stereocenters. The zero-order valence-corrected chi connectivity index (χ0v) is 11.6. The predicted molar refractivity (Wildman–Crippen MR) is 76.5 cm³/mol. The minimum absolute atomic E-state index is 0.0186.